The molecule has 2 amide bonds. The Kier molecular flexibility index (Phi) is 6.01. The van der Waals surface area contributed by atoms with E-state index in [1.807, 2.05) is 66.3 Å². The van der Waals surface area contributed by atoms with Crippen LogP contribution >= 0.6 is 0 Å². The fourth-order valence-corrected chi connectivity index (χ4v) is 4.37. The highest BCUT2D eigenvalue weighted by Crippen LogP contribution is 2.25. The molecular formula is C27H30N4O. The third kappa shape index (κ3) is 4.68. The van der Waals surface area contributed by atoms with Crippen LogP contribution in [0.15, 0.2) is 66.9 Å². The molecule has 4 N–H and O–H groups in total. The third-order valence-electron chi connectivity index (χ3n) is 5.98. The van der Waals surface area contributed by atoms with Gasteiger partial charge in [0, 0.05) is 41.6 Å². The highest BCUT2D eigenvalue weighted by molar-refractivity contribution is 6.01. The lowest BCUT2D eigenvalue weighted by atomic mass is 9.92. The van der Waals surface area contributed by atoms with E-state index in [1.165, 1.54) is 22.3 Å². The summed E-state index contributed by atoms with van der Waals surface area (Å²) in [5, 5.41) is 6.92. The van der Waals surface area contributed by atoms with E-state index < -0.39 is 0 Å². The standard InChI is InChI=1S/C27H30N4O/c1-17-12-18(2)24(19(3)13-17)16-25(28)20-6-5-7-22(14-20)29-27(32)30-23-8-9-26-21(15-23)10-11-31(26)4/h5-15,25H,16,28H2,1-4H3,(H2,29,30,32). The molecule has 5 nitrogen and oxygen atoms in total. The monoisotopic (exact) mass is 426 g/mol. The Hall–Kier alpha value is -3.57. The summed E-state index contributed by atoms with van der Waals surface area (Å²) in [5.41, 5.74) is 15.2. The molecule has 5 heteroatoms. The zero-order valence-corrected chi connectivity index (χ0v) is 19.1. The highest BCUT2D eigenvalue weighted by Gasteiger charge is 2.13. The number of fused-ring (bicyclic) bond motifs is 1. The number of benzene rings is 3. The number of nitrogens with zero attached hydrogens (tertiary/aromatic N) is 1. The summed E-state index contributed by atoms with van der Waals surface area (Å²) in [7, 11) is 2.00. The third-order valence-corrected chi connectivity index (χ3v) is 5.98. The number of urea groups is 1. The van der Waals surface area contributed by atoms with Gasteiger partial charge in [-0.05, 0) is 85.8 Å². The number of hydrogen-bond acceptors (Lipinski definition) is 2. The average Bonchev–Trinajstić information content (AvgIpc) is 3.10. The smallest absolute Gasteiger partial charge is 0.323 e. The summed E-state index contributed by atoms with van der Waals surface area (Å²) in [5.74, 6) is 0. The molecule has 0 aliphatic carbocycles. The van der Waals surface area contributed by atoms with E-state index in [-0.39, 0.29) is 12.1 Å². The number of carbonyl (C=O) groups excluding carboxylic acids is 1. The van der Waals surface area contributed by atoms with Crippen molar-refractivity contribution in [3.05, 3.63) is 94.7 Å². The number of amides is 2. The van der Waals surface area contributed by atoms with E-state index in [0.717, 1.165) is 28.6 Å². The normalized spacial score (nSPS) is 12.0. The largest absolute Gasteiger partial charge is 0.351 e. The Morgan fingerprint density at radius 2 is 1.62 bits per heavy atom. The Labute approximate surface area is 189 Å². The van der Waals surface area contributed by atoms with Crippen LogP contribution in [0.1, 0.15) is 33.9 Å². The van der Waals surface area contributed by atoms with Gasteiger partial charge in [-0.3, -0.25) is 0 Å². The molecule has 1 unspecified atom stereocenters. The maximum Gasteiger partial charge on any atom is 0.323 e. The van der Waals surface area contributed by atoms with Gasteiger partial charge in [0.2, 0.25) is 0 Å². The quantitative estimate of drug-likeness (QED) is 0.367. The number of anilines is 2. The van der Waals surface area contributed by atoms with Crippen LogP contribution in [-0.2, 0) is 13.5 Å². The molecule has 1 atom stereocenters. The molecule has 0 fully saturated rings. The van der Waals surface area contributed by atoms with Crippen molar-refractivity contribution >= 4 is 28.3 Å². The number of aryl methyl sites for hydroxylation is 4. The number of carbonyl (C=O) groups is 1. The molecule has 0 aliphatic rings. The summed E-state index contributed by atoms with van der Waals surface area (Å²) < 4.78 is 2.05. The lowest BCUT2D eigenvalue weighted by Crippen LogP contribution is -2.20. The highest BCUT2D eigenvalue weighted by atomic mass is 16.2. The second-order valence-electron chi connectivity index (χ2n) is 8.59. The molecule has 0 saturated carbocycles. The van der Waals surface area contributed by atoms with Crippen LogP contribution in [0.5, 0.6) is 0 Å². The minimum atomic E-state index is -0.281. The van der Waals surface area contributed by atoms with Crippen molar-refractivity contribution in [2.45, 2.75) is 33.2 Å². The van der Waals surface area contributed by atoms with Gasteiger partial charge < -0.3 is 20.9 Å². The summed E-state index contributed by atoms with van der Waals surface area (Å²) >= 11 is 0. The van der Waals surface area contributed by atoms with Crippen LogP contribution in [0.3, 0.4) is 0 Å². The van der Waals surface area contributed by atoms with Crippen molar-refractivity contribution < 1.29 is 4.79 Å². The molecule has 0 bridgehead atoms. The molecule has 4 aromatic rings. The van der Waals surface area contributed by atoms with Crippen molar-refractivity contribution in [2.24, 2.45) is 12.8 Å². The van der Waals surface area contributed by atoms with E-state index in [2.05, 4.69) is 43.5 Å². The van der Waals surface area contributed by atoms with Gasteiger partial charge in [0.15, 0.2) is 0 Å². The first-order valence-corrected chi connectivity index (χ1v) is 10.9. The second kappa shape index (κ2) is 8.89. The number of rotatable bonds is 5. The molecule has 0 saturated heterocycles. The Morgan fingerprint density at radius 3 is 2.34 bits per heavy atom. The van der Waals surface area contributed by atoms with Crippen LogP contribution < -0.4 is 16.4 Å². The van der Waals surface area contributed by atoms with Crippen LogP contribution in [0, 0.1) is 20.8 Å². The van der Waals surface area contributed by atoms with Gasteiger partial charge in [-0.25, -0.2) is 4.79 Å². The number of aromatic nitrogens is 1. The molecule has 164 valence electrons. The van der Waals surface area contributed by atoms with Gasteiger partial charge in [-0.15, -0.1) is 0 Å². The van der Waals surface area contributed by atoms with E-state index >= 15 is 0 Å². The fraction of sp³-hybridized carbons (Fsp3) is 0.222. The van der Waals surface area contributed by atoms with Gasteiger partial charge in [-0.2, -0.15) is 0 Å². The summed E-state index contributed by atoms with van der Waals surface area (Å²) in [4.78, 5) is 12.6. The molecule has 4 rings (SSSR count). The van der Waals surface area contributed by atoms with Gasteiger partial charge >= 0.3 is 6.03 Å². The first-order valence-electron chi connectivity index (χ1n) is 10.9. The van der Waals surface area contributed by atoms with Gasteiger partial charge in [0.1, 0.15) is 0 Å². The van der Waals surface area contributed by atoms with E-state index in [9.17, 15) is 4.79 Å². The SMILES string of the molecule is Cc1cc(C)c(CC(N)c2cccc(NC(=O)Nc3ccc4c(ccn4C)c3)c2)c(C)c1. The van der Waals surface area contributed by atoms with Gasteiger partial charge in [0.25, 0.3) is 0 Å². The molecule has 0 spiro atoms. The zero-order chi connectivity index (χ0) is 22.8. The maximum atomic E-state index is 12.6. The predicted octanol–water partition coefficient (Wildman–Crippen LogP) is 5.99. The van der Waals surface area contributed by atoms with Gasteiger partial charge in [-0.1, -0.05) is 29.8 Å². The Bertz CT molecular complexity index is 1270. The van der Waals surface area contributed by atoms with Crippen LogP contribution in [0.2, 0.25) is 0 Å². The summed E-state index contributed by atoms with van der Waals surface area (Å²) in [6.45, 7) is 6.39. The van der Waals surface area contributed by atoms with Gasteiger partial charge in [0.05, 0.1) is 0 Å². The second-order valence-corrected chi connectivity index (χ2v) is 8.59. The first-order chi connectivity index (χ1) is 15.3. The van der Waals surface area contributed by atoms with E-state index in [0.29, 0.717) is 5.69 Å². The number of hydrogen-bond donors (Lipinski definition) is 3. The maximum absolute atomic E-state index is 12.6. The fourth-order valence-electron chi connectivity index (χ4n) is 4.37. The minimum absolute atomic E-state index is 0.152. The minimum Gasteiger partial charge on any atom is -0.351 e. The Morgan fingerprint density at radius 1 is 0.938 bits per heavy atom. The molecular weight excluding hydrogens is 396 g/mol. The molecule has 1 heterocycles. The number of nitrogens with one attached hydrogen (secondary N) is 2. The lowest BCUT2D eigenvalue weighted by Gasteiger charge is -2.18. The molecule has 3 aromatic carbocycles. The average molecular weight is 427 g/mol. The van der Waals surface area contributed by atoms with Crippen molar-refractivity contribution in [3.8, 4) is 0 Å². The van der Waals surface area contributed by atoms with Crippen LogP contribution in [0.25, 0.3) is 10.9 Å². The van der Waals surface area contributed by atoms with Crippen molar-refractivity contribution in [1.29, 1.82) is 0 Å². The zero-order valence-electron chi connectivity index (χ0n) is 19.1. The number of nitrogens with two attached hydrogens (primary N) is 1. The van der Waals surface area contributed by atoms with Crippen LogP contribution in [-0.4, -0.2) is 10.6 Å². The topological polar surface area (TPSA) is 72.1 Å². The van der Waals surface area contributed by atoms with Crippen molar-refractivity contribution in [1.82, 2.24) is 4.57 Å². The van der Waals surface area contributed by atoms with Crippen molar-refractivity contribution in [2.75, 3.05) is 10.6 Å². The molecule has 1 aromatic heterocycles. The summed E-state index contributed by atoms with van der Waals surface area (Å²) in [6.07, 6.45) is 2.76. The van der Waals surface area contributed by atoms with E-state index in [1.54, 1.807) is 0 Å². The predicted molar refractivity (Wildman–Crippen MR) is 133 cm³/mol. The molecule has 0 radical (unpaired) electrons. The molecule has 32 heavy (non-hydrogen) atoms. The summed E-state index contributed by atoms with van der Waals surface area (Å²) in [6, 6.07) is 19.6. The lowest BCUT2D eigenvalue weighted by molar-refractivity contribution is 0.262. The van der Waals surface area contributed by atoms with Crippen LogP contribution in [0.4, 0.5) is 16.2 Å². The van der Waals surface area contributed by atoms with Crippen molar-refractivity contribution in [3.63, 3.8) is 0 Å². The molecule has 0 aliphatic heterocycles. The Balaban J connectivity index is 1.44. The first kappa shape index (κ1) is 21.7. The van der Waals surface area contributed by atoms with E-state index in [4.69, 9.17) is 5.73 Å².